The molecule has 4 heteroatoms. The Labute approximate surface area is 109 Å². The average molecular weight is 252 g/mol. The van der Waals surface area contributed by atoms with Gasteiger partial charge in [-0.1, -0.05) is 38.2 Å². The summed E-state index contributed by atoms with van der Waals surface area (Å²) in [7, 11) is 1.66. The molecule has 3 nitrogen and oxygen atoms in total. The summed E-state index contributed by atoms with van der Waals surface area (Å²) in [4.78, 5) is 2.75. The summed E-state index contributed by atoms with van der Waals surface area (Å²) in [5.41, 5.74) is 6.96. The van der Waals surface area contributed by atoms with Gasteiger partial charge in [-0.3, -0.25) is 4.90 Å². The standard InChI is InChI=1S/C13H20N2OS/c1-4-15(5-2)12(13(14)17)10-6-8-11(16-3)9-7-10/h6-9,12H,4-5H2,1-3H3,(H2,14,17). The van der Waals surface area contributed by atoms with Crippen LogP contribution in [0.3, 0.4) is 0 Å². The van der Waals surface area contributed by atoms with Gasteiger partial charge in [0.1, 0.15) is 5.75 Å². The van der Waals surface area contributed by atoms with Gasteiger partial charge in [0.25, 0.3) is 0 Å². The van der Waals surface area contributed by atoms with Crippen LogP contribution < -0.4 is 10.5 Å². The third-order valence-electron chi connectivity index (χ3n) is 2.88. The smallest absolute Gasteiger partial charge is 0.118 e. The van der Waals surface area contributed by atoms with E-state index in [-0.39, 0.29) is 6.04 Å². The largest absolute Gasteiger partial charge is 0.497 e. The summed E-state index contributed by atoms with van der Waals surface area (Å²) in [6.45, 7) is 6.06. The van der Waals surface area contributed by atoms with Gasteiger partial charge in [0, 0.05) is 0 Å². The maximum Gasteiger partial charge on any atom is 0.118 e. The highest BCUT2D eigenvalue weighted by atomic mass is 32.1. The average Bonchev–Trinajstić information content (AvgIpc) is 2.35. The number of ether oxygens (including phenoxy) is 1. The SMILES string of the molecule is CCN(CC)C(C(N)=S)c1ccc(OC)cc1. The van der Waals surface area contributed by atoms with E-state index in [1.807, 2.05) is 24.3 Å². The van der Waals surface area contributed by atoms with E-state index in [9.17, 15) is 0 Å². The van der Waals surface area contributed by atoms with Gasteiger partial charge in [0.15, 0.2) is 0 Å². The number of thiocarbonyl (C=S) groups is 1. The van der Waals surface area contributed by atoms with E-state index in [1.165, 1.54) is 0 Å². The first-order valence-corrected chi connectivity index (χ1v) is 6.22. The van der Waals surface area contributed by atoms with E-state index in [1.54, 1.807) is 7.11 Å². The van der Waals surface area contributed by atoms with Crippen LogP contribution in [0.1, 0.15) is 25.5 Å². The van der Waals surface area contributed by atoms with Gasteiger partial charge in [-0.2, -0.15) is 0 Å². The van der Waals surface area contributed by atoms with Crippen LogP contribution in [0.15, 0.2) is 24.3 Å². The Morgan fingerprint density at radius 2 is 1.82 bits per heavy atom. The van der Waals surface area contributed by atoms with Crippen molar-refractivity contribution < 1.29 is 4.74 Å². The van der Waals surface area contributed by atoms with Crippen LogP contribution in [-0.2, 0) is 0 Å². The highest BCUT2D eigenvalue weighted by Crippen LogP contribution is 2.23. The van der Waals surface area contributed by atoms with Gasteiger partial charge in [0.2, 0.25) is 0 Å². The number of methoxy groups -OCH3 is 1. The Bertz CT molecular complexity index is 360. The number of nitrogens with zero attached hydrogens (tertiary/aromatic N) is 1. The second-order valence-electron chi connectivity index (χ2n) is 3.80. The molecule has 94 valence electrons. The van der Waals surface area contributed by atoms with Gasteiger partial charge in [-0.15, -0.1) is 0 Å². The zero-order chi connectivity index (χ0) is 12.8. The summed E-state index contributed by atoms with van der Waals surface area (Å²) < 4.78 is 5.14. The zero-order valence-corrected chi connectivity index (χ0v) is 11.5. The van der Waals surface area contributed by atoms with E-state index < -0.39 is 0 Å². The van der Waals surface area contributed by atoms with Gasteiger partial charge in [0.05, 0.1) is 18.1 Å². The first-order chi connectivity index (χ1) is 8.13. The predicted molar refractivity (Wildman–Crippen MR) is 75.4 cm³/mol. The lowest BCUT2D eigenvalue weighted by Gasteiger charge is -2.29. The second-order valence-corrected chi connectivity index (χ2v) is 4.27. The van der Waals surface area contributed by atoms with Crippen molar-refractivity contribution in [3.05, 3.63) is 29.8 Å². The molecule has 0 aliphatic rings. The monoisotopic (exact) mass is 252 g/mol. The van der Waals surface area contributed by atoms with E-state index >= 15 is 0 Å². The number of hydrogen-bond donors (Lipinski definition) is 1. The lowest BCUT2D eigenvalue weighted by molar-refractivity contribution is 0.272. The van der Waals surface area contributed by atoms with Crippen LogP contribution >= 0.6 is 12.2 Å². The maximum absolute atomic E-state index is 5.85. The lowest BCUT2D eigenvalue weighted by Crippen LogP contribution is -2.36. The molecule has 2 N–H and O–H groups in total. The fourth-order valence-electron chi connectivity index (χ4n) is 1.93. The highest BCUT2D eigenvalue weighted by molar-refractivity contribution is 7.80. The number of benzene rings is 1. The molecule has 0 saturated heterocycles. The Morgan fingerprint density at radius 3 is 2.18 bits per heavy atom. The first-order valence-electron chi connectivity index (χ1n) is 5.81. The third kappa shape index (κ3) is 3.41. The summed E-state index contributed by atoms with van der Waals surface area (Å²) in [5.74, 6) is 0.843. The molecule has 17 heavy (non-hydrogen) atoms. The van der Waals surface area contributed by atoms with Gasteiger partial charge in [-0.25, -0.2) is 0 Å². The van der Waals surface area contributed by atoms with Crippen molar-refractivity contribution in [2.24, 2.45) is 5.73 Å². The molecule has 0 saturated carbocycles. The van der Waals surface area contributed by atoms with Crippen molar-refractivity contribution in [3.8, 4) is 5.75 Å². The van der Waals surface area contributed by atoms with Gasteiger partial charge in [-0.05, 0) is 30.8 Å². The molecular weight excluding hydrogens is 232 g/mol. The fraction of sp³-hybridized carbons (Fsp3) is 0.462. The molecule has 0 aromatic heterocycles. The number of likely N-dealkylation sites (N-methyl/N-ethyl adjacent to an activating group) is 1. The Kier molecular flexibility index (Phi) is 5.38. The molecule has 0 bridgehead atoms. The van der Waals surface area contributed by atoms with Crippen molar-refractivity contribution in [2.75, 3.05) is 20.2 Å². The number of hydrogen-bond acceptors (Lipinski definition) is 3. The molecule has 1 atom stereocenters. The molecule has 0 radical (unpaired) electrons. The lowest BCUT2D eigenvalue weighted by atomic mass is 10.0. The summed E-state index contributed by atoms with van der Waals surface area (Å²) in [6.07, 6.45) is 0. The van der Waals surface area contributed by atoms with Crippen LogP contribution in [0, 0.1) is 0 Å². The molecule has 1 aromatic carbocycles. The van der Waals surface area contributed by atoms with Crippen LogP contribution in [0.5, 0.6) is 5.75 Å². The normalized spacial score (nSPS) is 12.5. The minimum atomic E-state index is 0.00547. The Morgan fingerprint density at radius 1 is 1.29 bits per heavy atom. The molecule has 0 heterocycles. The van der Waals surface area contributed by atoms with E-state index in [2.05, 4.69) is 18.7 Å². The topological polar surface area (TPSA) is 38.5 Å². The fourth-order valence-corrected chi connectivity index (χ4v) is 2.22. The zero-order valence-electron chi connectivity index (χ0n) is 10.6. The van der Waals surface area contributed by atoms with Crippen molar-refractivity contribution in [3.63, 3.8) is 0 Å². The van der Waals surface area contributed by atoms with Crippen molar-refractivity contribution in [1.82, 2.24) is 4.90 Å². The van der Waals surface area contributed by atoms with Crippen molar-refractivity contribution in [1.29, 1.82) is 0 Å². The van der Waals surface area contributed by atoms with Gasteiger partial charge < -0.3 is 10.5 Å². The van der Waals surface area contributed by atoms with Gasteiger partial charge >= 0.3 is 0 Å². The van der Waals surface area contributed by atoms with Crippen LogP contribution in [0.2, 0.25) is 0 Å². The van der Waals surface area contributed by atoms with Crippen LogP contribution in [0.4, 0.5) is 0 Å². The van der Waals surface area contributed by atoms with E-state index in [0.29, 0.717) is 4.99 Å². The van der Waals surface area contributed by atoms with Crippen LogP contribution in [0.25, 0.3) is 0 Å². The Balaban J connectivity index is 3.00. The minimum Gasteiger partial charge on any atom is -0.497 e. The molecule has 1 unspecified atom stereocenters. The second kappa shape index (κ2) is 6.57. The molecule has 1 aromatic rings. The number of nitrogens with two attached hydrogens (primary N) is 1. The third-order valence-corrected chi connectivity index (χ3v) is 3.10. The molecule has 0 fully saturated rings. The quantitative estimate of drug-likeness (QED) is 0.789. The molecule has 0 aliphatic heterocycles. The summed E-state index contributed by atoms with van der Waals surface area (Å²) >= 11 is 5.17. The van der Waals surface area contributed by atoms with E-state index in [4.69, 9.17) is 22.7 Å². The summed E-state index contributed by atoms with van der Waals surface area (Å²) in [6, 6.07) is 7.90. The minimum absolute atomic E-state index is 0.00547. The molecule has 1 rings (SSSR count). The van der Waals surface area contributed by atoms with Crippen LogP contribution in [-0.4, -0.2) is 30.1 Å². The molecule has 0 aliphatic carbocycles. The predicted octanol–water partition coefficient (Wildman–Crippen LogP) is 2.36. The van der Waals surface area contributed by atoms with E-state index in [0.717, 1.165) is 24.4 Å². The summed E-state index contributed by atoms with van der Waals surface area (Å²) in [5, 5.41) is 0. The molecule has 0 amide bonds. The van der Waals surface area contributed by atoms with Crippen molar-refractivity contribution in [2.45, 2.75) is 19.9 Å². The highest BCUT2D eigenvalue weighted by Gasteiger charge is 2.20. The Hall–Kier alpha value is -1.13. The molecule has 0 spiro atoms. The number of rotatable bonds is 6. The first kappa shape index (κ1) is 13.9. The molecular formula is C13H20N2OS. The maximum atomic E-state index is 5.85. The van der Waals surface area contributed by atoms with Crippen molar-refractivity contribution >= 4 is 17.2 Å².